The van der Waals surface area contributed by atoms with E-state index >= 15 is 0 Å². The summed E-state index contributed by atoms with van der Waals surface area (Å²) in [6.45, 7) is 1.33. The third-order valence-corrected chi connectivity index (χ3v) is 1.77. The number of carbonyl (C=O) groups excluding carboxylic acids is 1. The van der Waals surface area contributed by atoms with Crippen LogP contribution in [0.4, 0.5) is 4.39 Å². The van der Waals surface area contributed by atoms with Crippen molar-refractivity contribution in [1.82, 2.24) is 0 Å². The molecule has 4 heteroatoms. The number of benzene rings is 1. The number of halogens is 1. The van der Waals surface area contributed by atoms with Crippen molar-refractivity contribution in [2.45, 2.75) is 13.0 Å². The molecule has 1 N–H and O–H groups in total. The number of Topliss-reactive ketones (excluding diaryl/α,β-unsaturated/α-hetero) is 1. The van der Waals surface area contributed by atoms with E-state index in [9.17, 15) is 9.18 Å². The highest BCUT2D eigenvalue weighted by Gasteiger charge is 2.13. The van der Waals surface area contributed by atoms with E-state index in [0.29, 0.717) is 0 Å². The summed E-state index contributed by atoms with van der Waals surface area (Å²) in [5.41, 5.74) is 0.108. The van der Waals surface area contributed by atoms with Crippen LogP contribution in [0, 0.1) is 5.82 Å². The molecule has 0 aliphatic carbocycles. The SMILES string of the molecule is COc1cc(F)cc(C(=O)C(C)O)c1. The summed E-state index contributed by atoms with van der Waals surface area (Å²) in [6.07, 6.45) is -1.14. The predicted octanol–water partition coefficient (Wildman–Crippen LogP) is 1.40. The molecule has 0 amide bonds. The van der Waals surface area contributed by atoms with Gasteiger partial charge in [0.15, 0.2) is 5.78 Å². The van der Waals surface area contributed by atoms with Crippen LogP contribution in [-0.4, -0.2) is 24.1 Å². The Labute approximate surface area is 81.1 Å². The molecule has 1 rings (SSSR count). The Morgan fingerprint density at radius 1 is 1.50 bits per heavy atom. The molecule has 0 aliphatic heterocycles. The van der Waals surface area contributed by atoms with Gasteiger partial charge in [-0.05, 0) is 19.1 Å². The first kappa shape index (κ1) is 10.7. The minimum absolute atomic E-state index is 0.108. The van der Waals surface area contributed by atoms with Crippen LogP contribution in [0.3, 0.4) is 0 Å². The molecule has 0 aromatic heterocycles. The number of hydrogen-bond donors (Lipinski definition) is 1. The van der Waals surface area contributed by atoms with Gasteiger partial charge in [-0.1, -0.05) is 0 Å². The normalized spacial score (nSPS) is 12.3. The largest absolute Gasteiger partial charge is 0.497 e. The van der Waals surface area contributed by atoms with Crippen LogP contribution in [0.5, 0.6) is 5.75 Å². The molecule has 0 spiro atoms. The smallest absolute Gasteiger partial charge is 0.191 e. The molecule has 0 heterocycles. The fourth-order valence-corrected chi connectivity index (χ4v) is 1.06. The summed E-state index contributed by atoms with van der Waals surface area (Å²) in [5, 5.41) is 9.02. The summed E-state index contributed by atoms with van der Waals surface area (Å²) >= 11 is 0. The number of aliphatic hydroxyl groups is 1. The molecular formula is C10H11FO3. The van der Waals surface area contributed by atoms with Gasteiger partial charge in [0.05, 0.1) is 7.11 Å². The van der Waals surface area contributed by atoms with Crippen molar-refractivity contribution >= 4 is 5.78 Å². The van der Waals surface area contributed by atoms with Crippen molar-refractivity contribution in [3.05, 3.63) is 29.6 Å². The number of ketones is 1. The maximum absolute atomic E-state index is 12.9. The monoisotopic (exact) mass is 198 g/mol. The number of rotatable bonds is 3. The van der Waals surface area contributed by atoms with Gasteiger partial charge >= 0.3 is 0 Å². The first-order valence-corrected chi connectivity index (χ1v) is 4.11. The van der Waals surface area contributed by atoms with Crippen molar-refractivity contribution in [2.24, 2.45) is 0 Å². The average Bonchev–Trinajstić information content (AvgIpc) is 2.15. The Hall–Kier alpha value is -1.42. The van der Waals surface area contributed by atoms with E-state index in [4.69, 9.17) is 9.84 Å². The molecule has 3 nitrogen and oxygen atoms in total. The van der Waals surface area contributed by atoms with Gasteiger partial charge in [-0.15, -0.1) is 0 Å². The molecule has 0 fully saturated rings. The Balaban J connectivity index is 3.09. The lowest BCUT2D eigenvalue weighted by molar-refractivity contribution is 0.0778. The molecule has 0 radical (unpaired) electrons. The molecule has 14 heavy (non-hydrogen) atoms. The van der Waals surface area contributed by atoms with E-state index in [-0.39, 0.29) is 11.3 Å². The molecule has 0 saturated carbocycles. The molecule has 0 aliphatic rings. The quantitative estimate of drug-likeness (QED) is 0.747. The standard InChI is InChI=1S/C10H11FO3/c1-6(12)10(13)7-3-8(11)5-9(4-7)14-2/h3-6,12H,1-2H3. The zero-order valence-corrected chi connectivity index (χ0v) is 7.95. The van der Waals surface area contributed by atoms with Gasteiger partial charge in [0.1, 0.15) is 17.7 Å². The minimum Gasteiger partial charge on any atom is -0.497 e. The molecule has 0 bridgehead atoms. The lowest BCUT2D eigenvalue weighted by atomic mass is 10.1. The second-order valence-electron chi connectivity index (χ2n) is 2.92. The molecule has 1 unspecified atom stereocenters. The average molecular weight is 198 g/mol. The van der Waals surface area contributed by atoms with Crippen molar-refractivity contribution in [1.29, 1.82) is 0 Å². The van der Waals surface area contributed by atoms with Gasteiger partial charge in [0.25, 0.3) is 0 Å². The van der Waals surface area contributed by atoms with Crippen LogP contribution in [0.15, 0.2) is 18.2 Å². The molecule has 1 aromatic carbocycles. The van der Waals surface area contributed by atoms with Crippen molar-refractivity contribution in [3.63, 3.8) is 0 Å². The lowest BCUT2D eigenvalue weighted by Crippen LogP contribution is -2.16. The highest BCUT2D eigenvalue weighted by atomic mass is 19.1. The number of aliphatic hydroxyl groups excluding tert-OH is 1. The van der Waals surface area contributed by atoms with Crippen LogP contribution in [0.1, 0.15) is 17.3 Å². The fraction of sp³-hybridized carbons (Fsp3) is 0.300. The third kappa shape index (κ3) is 2.29. The molecule has 1 atom stereocenters. The zero-order chi connectivity index (χ0) is 10.7. The topological polar surface area (TPSA) is 46.5 Å². The van der Waals surface area contributed by atoms with E-state index in [1.165, 1.54) is 26.2 Å². The Morgan fingerprint density at radius 3 is 2.64 bits per heavy atom. The van der Waals surface area contributed by atoms with Crippen LogP contribution >= 0.6 is 0 Å². The Morgan fingerprint density at radius 2 is 2.14 bits per heavy atom. The van der Waals surface area contributed by atoms with E-state index in [1.807, 2.05) is 0 Å². The Bertz CT molecular complexity index is 347. The summed E-state index contributed by atoms with van der Waals surface area (Å²) in [6, 6.07) is 3.62. The molecule has 76 valence electrons. The summed E-state index contributed by atoms with van der Waals surface area (Å²) in [7, 11) is 1.38. The van der Waals surface area contributed by atoms with Gasteiger partial charge in [0, 0.05) is 11.6 Å². The second kappa shape index (κ2) is 4.19. The predicted molar refractivity (Wildman–Crippen MR) is 49.0 cm³/mol. The van der Waals surface area contributed by atoms with Gasteiger partial charge in [-0.3, -0.25) is 4.79 Å². The van der Waals surface area contributed by atoms with Gasteiger partial charge < -0.3 is 9.84 Å². The summed E-state index contributed by atoms with van der Waals surface area (Å²) in [5.74, 6) is -0.829. The van der Waals surface area contributed by atoms with Gasteiger partial charge in [-0.2, -0.15) is 0 Å². The first-order chi connectivity index (χ1) is 6.54. The highest BCUT2D eigenvalue weighted by molar-refractivity contribution is 5.99. The number of hydrogen-bond acceptors (Lipinski definition) is 3. The minimum atomic E-state index is -1.14. The van der Waals surface area contributed by atoms with Gasteiger partial charge in [0.2, 0.25) is 0 Å². The second-order valence-corrected chi connectivity index (χ2v) is 2.92. The maximum atomic E-state index is 12.9. The number of ether oxygens (including phenoxy) is 1. The van der Waals surface area contributed by atoms with Crippen molar-refractivity contribution in [2.75, 3.05) is 7.11 Å². The zero-order valence-electron chi connectivity index (χ0n) is 7.95. The lowest BCUT2D eigenvalue weighted by Gasteiger charge is -2.06. The van der Waals surface area contributed by atoms with Gasteiger partial charge in [-0.25, -0.2) is 4.39 Å². The van der Waals surface area contributed by atoms with Crippen LogP contribution in [0.2, 0.25) is 0 Å². The molecule has 1 aromatic rings. The number of methoxy groups -OCH3 is 1. The van der Waals surface area contributed by atoms with Crippen LogP contribution in [0.25, 0.3) is 0 Å². The van der Waals surface area contributed by atoms with E-state index in [2.05, 4.69) is 0 Å². The molecular weight excluding hydrogens is 187 g/mol. The number of carbonyl (C=O) groups is 1. The highest BCUT2D eigenvalue weighted by Crippen LogP contribution is 2.17. The summed E-state index contributed by atoms with van der Waals surface area (Å²) in [4.78, 5) is 11.3. The van der Waals surface area contributed by atoms with E-state index in [1.54, 1.807) is 0 Å². The molecule has 0 saturated heterocycles. The van der Waals surface area contributed by atoms with Crippen molar-refractivity contribution in [3.8, 4) is 5.75 Å². The van der Waals surface area contributed by atoms with Crippen LogP contribution < -0.4 is 4.74 Å². The van der Waals surface area contributed by atoms with E-state index in [0.717, 1.165) is 6.07 Å². The summed E-state index contributed by atoms with van der Waals surface area (Å²) < 4.78 is 17.7. The third-order valence-electron chi connectivity index (χ3n) is 1.77. The maximum Gasteiger partial charge on any atom is 0.191 e. The Kier molecular flexibility index (Phi) is 3.19. The van der Waals surface area contributed by atoms with Crippen LogP contribution in [-0.2, 0) is 0 Å². The van der Waals surface area contributed by atoms with E-state index < -0.39 is 17.7 Å². The van der Waals surface area contributed by atoms with Crippen molar-refractivity contribution < 1.29 is 19.0 Å². The fourth-order valence-electron chi connectivity index (χ4n) is 1.06. The first-order valence-electron chi connectivity index (χ1n) is 4.11.